The number of nitrogens with zero attached hydrogens (tertiary/aromatic N) is 3. The van der Waals surface area contributed by atoms with Crippen LogP contribution in [-0.4, -0.2) is 49.4 Å². The Labute approximate surface area is 202 Å². The fraction of sp³-hybridized carbons (Fsp3) is 0.269. The van der Waals surface area contributed by atoms with Crippen LogP contribution in [0.4, 0.5) is 18.9 Å². The topological polar surface area (TPSA) is 62.7 Å². The molecule has 1 heterocycles. The van der Waals surface area contributed by atoms with Crippen LogP contribution in [0.25, 0.3) is 0 Å². The van der Waals surface area contributed by atoms with Crippen molar-refractivity contribution >= 4 is 17.5 Å². The first-order valence-corrected chi connectivity index (χ1v) is 10.9. The summed E-state index contributed by atoms with van der Waals surface area (Å²) in [5, 5.41) is 0. The largest absolute Gasteiger partial charge is 0.481 e. The first-order chi connectivity index (χ1) is 16.6. The molecule has 184 valence electrons. The van der Waals surface area contributed by atoms with Crippen molar-refractivity contribution in [2.75, 3.05) is 32.6 Å². The molecular formula is C26H26F3N3O3. The van der Waals surface area contributed by atoms with Gasteiger partial charge in [-0.1, -0.05) is 42.5 Å². The van der Waals surface area contributed by atoms with Gasteiger partial charge in [0.1, 0.15) is 5.92 Å². The van der Waals surface area contributed by atoms with E-state index in [0.29, 0.717) is 22.7 Å². The molecule has 2 aromatic carbocycles. The second-order valence-electron chi connectivity index (χ2n) is 8.07. The van der Waals surface area contributed by atoms with E-state index in [-0.39, 0.29) is 18.9 Å². The fourth-order valence-electron chi connectivity index (χ4n) is 3.57. The van der Waals surface area contributed by atoms with Gasteiger partial charge in [-0.25, -0.2) is 4.98 Å². The average molecular weight is 486 g/mol. The molecule has 0 fully saturated rings. The number of amides is 2. The van der Waals surface area contributed by atoms with Gasteiger partial charge >= 0.3 is 6.18 Å². The van der Waals surface area contributed by atoms with Gasteiger partial charge in [0.15, 0.2) is 0 Å². The number of aromatic nitrogens is 1. The lowest BCUT2D eigenvalue weighted by Crippen LogP contribution is -2.43. The van der Waals surface area contributed by atoms with Gasteiger partial charge in [0.25, 0.3) is 0 Å². The number of benzene rings is 2. The highest BCUT2D eigenvalue weighted by Crippen LogP contribution is 2.30. The average Bonchev–Trinajstić information content (AvgIpc) is 2.85. The van der Waals surface area contributed by atoms with Crippen LogP contribution in [0.5, 0.6) is 5.88 Å². The maximum absolute atomic E-state index is 13.8. The van der Waals surface area contributed by atoms with Gasteiger partial charge in [-0.15, -0.1) is 0 Å². The standard InChI is InChI=1S/C26H26F3N3O3/c1-31(2)24(33)23(19-7-5-4-6-8-19)25(34)32(21-13-14-22(35-3)30-17-21)16-15-18-9-11-20(12-10-18)26(27,28)29/h4-14,17,23H,15-16H2,1-3H3. The number of carbonyl (C=O) groups excluding carboxylic acids is 2. The molecule has 0 spiro atoms. The van der Waals surface area contributed by atoms with Crippen LogP contribution in [0.15, 0.2) is 72.9 Å². The Kier molecular flexibility index (Phi) is 8.11. The Bertz CT molecular complexity index is 1130. The van der Waals surface area contributed by atoms with Gasteiger partial charge in [0, 0.05) is 26.7 Å². The van der Waals surface area contributed by atoms with Crippen molar-refractivity contribution in [3.63, 3.8) is 0 Å². The number of likely N-dealkylation sites (N-methyl/N-ethyl adjacent to an activating group) is 1. The lowest BCUT2D eigenvalue weighted by atomic mass is 9.95. The number of methoxy groups -OCH3 is 1. The molecular weight excluding hydrogens is 459 g/mol. The third-order valence-electron chi connectivity index (χ3n) is 5.48. The highest BCUT2D eigenvalue weighted by Gasteiger charge is 2.34. The molecule has 9 heteroatoms. The zero-order valence-corrected chi connectivity index (χ0v) is 19.6. The van der Waals surface area contributed by atoms with Crippen LogP contribution < -0.4 is 9.64 Å². The molecule has 3 aromatic rings. The van der Waals surface area contributed by atoms with Gasteiger partial charge in [0.2, 0.25) is 17.7 Å². The van der Waals surface area contributed by atoms with Gasteiger partial charge in [-0.2, -0.15) is 13.2 Å². The molecule has 3 rings (SSSR count). The maximum Gasteiger partial charge on any atom is 0.416 e. The highest BCUT2D eigenvalue weighted by atomic mass is 19.4. The van der Waals surface area contributed by atoms with Crippen LogP contribution >= 0.6 is 0 Å². The SMILES string of the molecule is COc1ccc(N(CCc2ccc(C(F)(F)F)cc2)C(=O)C(C(=O)N(C)C)c2ccccc2)cn1. The van der Waals surface area contributed by atoms with Crippen LogP contribution in [0.2, 0.25) is 0 Å². The molecule has 0 saturated heterocycles. The third-order valence-corrected chi connectivity index (χ3v) is 5.48. The van der Waals surface area contributed by atoms with Gasteiger partial charge in [-0.05, 0) is 35.7 Å². The Morgan fingerprint density at radius 2 is 1.60 bits per heavy atom. The Morgan fingerprint density at radius 1 is 0.943 bits per heavy atom. The van der Waals surface area contributed by atoms with E-state index in [1.807, 2.05) is 0 Å². The summed E-state index contributed by atoms with van der Waals surface area (Å²) in [6.07, 6.45) is -2.69. The third kappa shape index (κ3) is 6.38. The van der Waals surface area contributed by atoms with Gasteiger partial charge in [0.05, 0.1) is 24.6 Å². The number of alkyl halides is 3. The lowest BCUT2D eigenvalue weighted by Gasteiger charge is -2.28. The summed E-state index contributed by atoms with van der Waals surface area (Å²) in [5.74, 6) is -1.59. The first-order valence-electron chi connectivity index (χ1n) is 10.9. The Morgan fingerprint density at radius 3 is 2.11 bits per heavy atom. The summed E-state index contributed by atoms with van der Waals surface area (Å²) in [4.78, 5) is 33.8. The zero-order chi connectivity index (χ0) is 25.6. The number of rotatable bonds is 8. The van der Waals surface area contributed by atoms with Crippen molar-refractivity contribution in [2.24, 2.45) is 0 Å². The molecule has 0 aliphatic heterocycles. The summed E-state index contributed by atoms with van der Waals surface area (Å²) >= 11 is 0. The molecule has 0 aliphatic rings. The molecule has 0 aliphatic carbocycles. The quantitative estimate of drug-likeness (QED) is 0.439. The number of pyridine rings is 1. The Hall–Kier alpha value is -3.88. The summed E-state index contributed by atoms with van der Waals surface area (Å²) in [6.45, 7) is 0.127. The molecule has 1 aromatic heterocycles. The van der Waals surface area contributed by atoms with E-state index in [2.05, 4.69) is 4.98 Å². The van der Waals surface area contributed by atoms with E-state index in [1.54, 1.807) is 56.6 Å². The minimum atomic E-state index is -4.43. The van der Waals surface area contributed by atoms with Crippen LogP contribution in [0, 0.1) is 0 Å². The lowest BCUT2D eigenvalue weighted by molar-refractivity contribution is -0.138. The molecule has 0 radical (unpaired) electrons. The molecule has 35 heavy (non-hydrogen) atoms. The van der Waals surface area contributed by atoms with Crippen molar-refractivity contribution < 1.29 is 27.5 Å². The van der Waals surface area contributed by atoms with E-state index in [4.69, 9.17) is 4.74 Å². The van der Waals surface area contributed by atoms with Crippen LogP contribution in [-0.2, 0) is 22.2 Å². The van der Waals surface area contributed by atoms with Crippen molar-refractivity contribution in [1.29, 1.82) is 0 Å². The predicted molar refractivity (Wildman–Crippen MR) is 126 cm³/mol. The first kappa shape index (κ1) is 25.7. The monoisotopic (exact) mass is 485 g/mol. The molecule has 1 unspecified atom stereocenters. The van der Waals surface area contributed by atoms with Crippen LogP contribution in [0.3, 0.4) is 0 Å². The second kappa shape index (κ2) is 11.0. The van der Waals surface area contributed by atoms with Crippen molar-refractivity contribution in [3.8, 4) is 5.88 Å². The number of anilines is 1. The second-order valence-corrected chi connectivity index (χ2v) is 8.07. The summed E-state index contributed by atoms with van der Waals surface area (Å²) in [6, 6.07) is 16.8. The number of halogens is 3. The predicted octanol–water partition coefficient (Wildman–Crippen LogP) is 4.56. The van der Waals surface area contributed by atoms with E-state index in [0.717, 1.165) is 12.1 Å². The van der Waals surface area contributed by atoms with Crippen molar-refractivity contribution in [2.45, 2.75) is 18.5 Å². The molecule has 0 saturated carbocycles. The smallest absolute Gasteiger partial charge is 0.416 e. The summed E-state index contributed by atoms with van der Waals surface area (Å²) in [7, 11) is 4.62. The summed E-state index contributed by atoms with van der Waals surface area (Å²) < 4.78 is 43.8. The van der Waals surface area contributed by atoms with Gasteiger partial charge < -0.3 is 14.5 Å². The summed E-state index contributed by atoms with van der Waals surface area (Å²) in [5.41, 5.74) is 0.856. The molecule has 6 nitrogen and oxygen atoms in total. The minimum absolute atomic E-state index is 0.127. The number of ether oxygens (including phenoxy) is 1. The van der Waals surface area contributed by atoms with Crippen LogP contribution in [0.1, 0.15) is 22.6 Å². The van der Waals surface area contributed by atoms with Gasteiger partial charge in [-0.3, -0.25) is 9.59 Å². The minimum Gasteiger partial charge on any atom is -0.481 e. The van der Waals surface area contributed by atoms with E-state index >= 15 is 0 Å². The molecule has 2 amide bonds. The number of carbonyl (C=O) groups is 2. The molecule has 0 bridgehead atoms. The molecule has 1 atom stereocenters. The maximum atomic E-state index is 13.8. The number of hydrogen-bond donors (Lipinski definition) is 0. The highest BCUT2D eigenvalue weighted by molar-refractivity contribution is 6.12. The van der Waals surface area contributed by atoms with E-state index in [9.17, 15) is 22.8 Å². The zero-order valence-electron chi connectivity index (χ0n) is 19.6. The van der Waals surface area contributed by atoms with Crippen molar-refractivity contribution in [3.05, 3.63) is 89.6 Å². The Balaban J connectivity index is 1.95. The fourth-order valence-corrected chi connectivity index (χ4v) is 3.57. The van der Waals surface area contributed by atoms with E-state index < -0.39 is 23.6 Å². The molecule has 0 N–H and O–H groups in total. The number of hydrogen-bond acceptors (Lipinski definition) is 4. The normalized spacial score (nSPS) is 12.1. The van der Waals surface area contributed by atoms with E-state index in [1.165, 1.54) is 35.2 Å². The van der Waals surface area contributed by atoms with Crippen molar-refractivity contribution in [1.82, 2.24) is 9.88 Å².